The van der Waals surface area contributed by atoms with E-state index in [1.165, 1.54) is 0 Å². The number of benzene rings is 3. The fourth-order valence-corrected chi connectivity index (χ4v) is 3.72. The molecule has 0 atom stereocenters. The Balaban J connectivity index is 1.48. The van der Waals surface area contributed by atoms with Gasteiger partial charge in [-0.05, 0) is 36.2 Å². The average molecular weight is 466 g/mol. The van der Waals surface area contributed by atoms with E-state index < -0.39 is 0 Å². The molecule has 35 heavy (non-hydrogen) atoms. The van der Waals surface area contributed by atoms with Crippen LogP contribution in [0.3, 0.4) is 0 Å². The largest absolute Gasteiger partial charge is 0.457 e. The second-order valence-corrected chi connectivity index (χ2v) is 8.30. The number of allylic oxidation sites excluding steroid dienone is 2. The Morgan fingerprint density at radius 1 is 0.886 bits per heavy atom. The van der Waals surface area contributed by atoms with E-state index in [-0.39, 0.29) is 5.56 Å². The zero-order chi connectivity index (χ0) is 24.3. The van der Waals surface area contributed by atoms with Crippen LogP contribution in [0.1, 0.15) is 31.7 Å². The third-order valence-corrected chi connectivity index (χ3v) is 5.64. The molecular formula is C30H31N3O2. The molecule has 4 aromatic rings. The third-order valence-electron chi connectivity index (χ3n) is 5.64. The van der Waals surface area contributed by atoms with Crippen LogP contribution >= 0.6 is 0 Å². The van der Waals surface area contributed by atoms with E-state index in [1.54, 1.807) is 10.8 Å². The maximum atomic E-state index is 13.4. The maximum absolute atomic E-state index is 13.4. The number of nitrogens with one attached hydrogen (secondary N) is 1. The number of aromatic nitrogens is 2. The van der Waals surface area contributed by atoms with Crippen LogP contribution in [0.5, 0.6) is 11.5 Å². The van der Waals surface area contributed by atoms with Gasteiger partial charge in [0, 0.05) is 18.7 Å². The number of unbranched alkanes of at least 4 members (excludes halogenated alkanes) is 2. The Morgan fingerprint density at radius 2 is 1.57 bits per heavy atom. The molecule has 0 spiro atoms. The molecule has 1 N–H and O–H groups in total. The van der Waals surface area contributed by atoms with Crippen molar-refractivity contribution >= 4 is 5.69 Å². The van der Waals surface area contributed by atoms with Crippen LogP contribution in [-0.4, -0.2) is 9.55 Å². The Kier molecular flexibility index (Phi) is 8.49. The highest BCUT2D eigenvalue weighted by atomic mass is 16.5. The number of anilines is 1. The fraction of sp³-hybridized carbons (Fsp3) is 0.200. The van der Waals surface area contributed by atoms with Crippen LogP contribution in [0.15, 0.2) is 108 Å². The molecule has 0 unspecified atom stereocenters. The predicted molar refractivity (Wildman–Crippen MR) is 143 cm³/mol. The molecule has 0 bridgehead atoms. The van der Waals surface area contributed by atoms with Crippen molar-refractivity contribution in [2.24, 2.45) is 0 Å². The summed E-state index contributed by atoms with van der Waals surface area (Å²) >= 11 is 0. The van der Waals surface area contributed by atoms with Crippen molar-refractivity contribution in [3.63, 3.8) is 0 Å². The Hall–Kier alpha value is -4.12. The normalized spacial score (nSPS) is 11.0. The Morgan fingerprint density at radius 3 is 2.29 bits per heavy atom. The van der Waals surface area contributed by atoms with Crippen LogP contribution in [-0.2, 0) is 13.1 Å². The van der Waals surface area contributed by atoms with Crippen molar-refractivity contribution in [1.82, 2.24) is 9.55 Å². The summed E-state index contributed by atoms with van der Waals surface area (Å²) in [5.74, 6) is 2.24. The minimum atomic E-state index is -0.0805. The molecule has 0 saturated heterocycles. The van der Waals surface area contributed by atoms with E-state index >= 15 is 0 Å². The average Bonchev–Trinajstić information content (AvgIpc) is 2.90. The van der Waals surface area contributed by atoms with Crippen molar-refractivity contribution in [3.05, 3.63) is 119 Å². The summed E-state index contributed by atoms with van der Waals surface area (Å²) in [6, 6.07) is 27.4. The fourth-order valence-electron chi connectivity index (χ4n) is 3.72. The first-order valence-corrected chi connectivity index (χ1v) is 12.1. The van der Waals surface area contributed by atoms with E-state index in [0.29, 0.717) is 24.6 Å². The lowest BCUT2D eigenvalue weighted by Gasteiger charge is -2.14. The molecule has 0 fully saturated rings. The van der Waals surface area contributed by atoms with Crippen LogP contribution in [0, 0.1) is 0 Å². The number of hydrogen-bond donors (Lipinski definition) is 1. The first kappa shape index (κ1) is 24.0. The van der Waals surface area contributed by atoms with Crippen LogP contribution in [0.2, 0.25) is 0 Å². The SMILES string of the molecule is CCCC/C=C\Cn1c(-c2ccccc2)ncc(NCc2ccc(Oc3ccccc3)cc2)c1=O. The molecule has 1 heterocycles. The minimum Gasteiger partial charge on any atom is -0.457 e. The van der Waals surface area contributed by atoms with Gasteiger partial charge < -0.3 is 10.1 Å². The summed E-state index contributed by atoms with van der Waals surface area (Å²) in [5.41, 5.74) is 2.37. The van der Waals surface area contributed by atoms with Gasteiger partial charge in [-0.3, -0.25) is 9.36 Å². The standard InChI is InChI=1S/C30H31N3O2/c1-2-3-4-5-12-21-33-29(25-13-8-6-9-14-25)32-23-28(30(33)34)31-22-24-17-19-27(20-18-24)35-26-15-10-7-11-16-26/h5-20,23,31H,2-4,21-22H2,1H3/b12-5-. The monoisotopic (exact) mass is 465 g/mol. The minimum absolute atomic E-state index is 0.0805. The number of hydrogen-bond acceptors (Lipinski definition) is 4. The van der Waals surface area contributed by atoms with Crippen molar-refractivity contribution in [2.45, 2.75) is 39.3 Å². The van der Waals surface area contributed by atoms with Gasteiger partial charge in [-0.2, -0.15) is 0 Å². The summed E-state index contributed by atoms with van der Waals surface area (Å²) in [5, 5.41) is 3.27. The smallest absolute Gasteiger partial charge is 0.277 e. The summed E-state index contributed by atoms with van der Waals surface area (Å²) in [6.45, 7) is 3.18. The predicted octanol–water partition coefficient (Wildman–Crippen LogP) is 7.06. The summed E-state index contributed by atoms with van der Waals surface area (Å²) in [7, 11) is 0. The van der Waals surface area contributed by atoms with Gasteiger partial charge >= 0.3 is 0 Å². The van der Waals surface area contributed by atoms with Gasteiger partial charge in [0.05, 0.1) is 6.20 Å². The highest BCUT2D eigenvalue weighted by Gasteiger charge is 2.11. The highest BCUT2D eigenvalue weighted by Crippen LogP contribution is 2.21. The van der Waals surface area contributed by atoms with Gasteiger partial charge in [0.15, 0.2) is 0 Å². The molecule has 0 aliphatic carbocycles. The van der Waals surface area contributed by atoms with Crippen molar-refractivity contribution in [1.29, 1.82) is 0 Å². The van der Waals surface area contributed by atoms with E-state index in [9.17, 15) is 4.79 Å². The van der Waals surface area contributed by atoms with Crippen molar-refractivity contribution in [3.8, 4) is 22.9 Å². The maximum Gasteiger partial charge on any atom is 0.277 e. The highest BCUT2D eigenvalue weighted by molar-refractivity contribution is 5.57. The zero-order valence-electron chi connectivity index (χ0n) is 20.1. The molecule has 5 nitrogen and oxygen atoms in total. The molecule has 4 rings (SSSR count). The molecule has 0 saturated carbocycles. The van der Waals surface area contributed by atoms with Gasteiger partial charge in [-0.1, -0.05) is 92.6 Å². The molecular weight excluding hydrogens is 434 g/mol. The molecule has 3 aromatic carbocycles. The lowest BCUT2D eigenvalue weighted by Crippen LogP contribution is -2.25. The zero-order valence-corrected chi connectivity index (χ0v) is 20.1. The molecule has 0 radical (unpaired) electrons. The summed E-state index contributed by atoms with van der Waals surface area (Å²) < 4.78 is 7.59. The Labute approximate surface area is 206 Å². The van der Waals surface area contributed by atoms with E-state index in [4.69, 9.17) is 4.74 Å². The van der Waals surface area contributed by atoms with Crippen LogP contribution < -0.4 is 15.6 Å². The van der Waals surface area contributed by atoms with Gasteiger partial charge in [-0.25, -0.2) is 4.98 Å². The summed E-state index contributed by atoms with van der Waals surface area (Å²) in [6.07, 6.45) is 9.15. The number of rotatable bonds is 11. The number of nitrogens with zero attached hydrogens (tertiary/aromatic N) is 2. The van der Waals surface area contributed by atoms with Crippen LogP contribution in [0.4, 0.5) is 5.69 Å². The second kappa shape index (κ2) is 12.4. The van der Waals surface area contributed by atoms with E-state index in [2.05, 4.69) is 29.4 Å². The molecule has 178 valence electrons. The topological polar surface area (TPSA) is 56.1 Å². The molecule has 0 aliphatic rings. The number of ether oxygens (including phenoxy) is 1. The lowest BCUT2D eigenvalue weighted by atomic mass is 10.2. The number of para-hydroxylation sites is 1. The van der Waals surface area contributed by atoms with Crippen molar-refractivity contribution < 1.29 is 4.74 Å². The Bertz CT molecular complexity index is 1280. The third kappa shape index (κ3) is 6.70. The van der Waals surface area contributed by atoms with E-state index in [1.807, 2.05) is 84.9 Å². The molecule has 0 amide bonds. The van der Waals surface area contributed by atoms with Gasteiger partial charge in [0.25, 0.3) is 5.56 Å². The van der Waals surface area contributed by atoms with Gasteiger partial charge in [0.1, 0.15) is 23.0 Å². The lowest BCUT2D eigenvalue weighted by molar-refractivity contribution is 0.482. The van der Waals surface area contributed by atoms with E-state index in [0.717, 1.165) is 41.9 Å². The second-order valence-electron chi connectivity index (χ2n) is 8.30. The van der Waals surface area contributed by atoms with Crippen molar-refractivity contribution in [2.75, 3.05) is 5.32 Å². The molecule has 1 aromatic heterocycles. The van der Waals surface area contributed by atoms with Gasteiger partial charge in [0.2, 0.25) is 0 Å². The van der Waals surface area contributed by atoms with Gasteiger partial charge in [-0.15, -0.1) is 0 Å². The van der Waals surface area contributed by atoms with Crippen LogP contribution in [0.25, 0.3) is 11.4 Å². The quantitative estimate of drug-likeness (QED) is 0.190. The molecule has 5 heteroatoms. The molecule has 0 aliphatic heterocycles. The first-order chi connectivity index (χ1) is 17.2. The summed E-state index contributed by atoms with van der Waals surface area (Å²) in [4.78, 5) is 18.0. The first-order valence-electron chi connectivity index (χ1n) is 12.1.